The molecular formula is C12H23N3O. The highest BCUT2D eigenvalue weighted by Crippen LogP contribution is 2.17. The molecule has 0 saturated heterocycles. The molecule has 0 spiro atoms. The van der Waals surface area contributed by atoms with Gasteiger partial charge in [0, 0.05) is 6.54 Å². The van der Waals surface area contributed by atoms with Crippen LogP contribution < -0.4 is 11.3 Å². The fraction of sp³-hybridized carbons (Fsp3) is 0.750. The van der Waals surface area contributed by atoms with Gasteiger partial charge in [-0.1, -0.05) is 20.8 Å². The number of aromatic nitrogens is 2. The number of rotatable bonds is 5. The van der Waals surface area contributed by atoms with Crippen LogP contribution >= 0.6 is 0 Å². The smallest absolute Gasteiger partial charge is 0.290 e. The van der Waals surface area contributed by atoms with Gasteiger partial charge in [0.05, 0.1) is 11.7 Å². The van der Waals surface area contributed by atoms with Crippen molar-refractivity contribution in [2.75, 3.05) is 5.73 Å². The summed E-state index contributed by atoms with van der Waals surface area (Å²) in [4.78, 5) is 12.1. The van der Waals surface area contributed by atoms with Crippen LogP contribution in [0.2, 0.25) is 0 Å². The average molecular weight is 225 g/mol. The topological polar surface area (TPSA) is 52.9 Å². The maximum Gasteiger partial charge on any atom is 0.290 e. The van der Waals surface area contributed by atoms with Gasteiger partial charge >= 0.3 is 0 Å². The third-order valence-electron chi connectivity index (χ3n) is 3.20. The fourth-order valence-corrected chi connectivity index (χ4v) is 2.17. The third-order valence-corrected chi connectivity index (χ3v) is 3.20. The van der Waals surface area contributed by atoms with E-state index in [1.54, 1.807) is 0 Å². The normalized spacial score (nSPS) is 11.3. The van der Waals surface area contributed by atoms with E-state index in [4.69, 9.17) is 5.73 Å². The number of nitrogens with two attached hydrogens (primary N) is 1. The second-order valence-electron chi connectivity index (χ2n) is 4.24. The van der Waals surface area contributed by atoms with Crippen molar-refractivity contribution in [1.82, 2.24) is 9.36 Å². The molecule has 0 atom stereocenters. The zero-order valence-corrected chi connectivity index (χ0v) is 10.8. The van der Waals surface area contributed by atoms with Crippen molar-refractivity contribution >= 4 is 5.69 Å². The number of nitrogen functional groups attached to an aromatic ring is 1. The fourth-order valence-electron chi connectivity index (χ4n) is 2.17. The Morgan fingerprint density at radius 2 is 1.81 bits per heavy atom. The highest BCUT2D eigenvalue weighted by Gasteiger charge is 2.18. The Labute approximate surface area is 97.0 Å². The molecule has 2 N–H and O–H groups in total. The van der Waals surface area contributed by atoms with Crippen molar-refractivity contribution in [3.63, 3.8) is 0 Å². The summed E-state index contributed by atoms with van der Waals surface area (Å²) in [7, 11) is 0. The van der Waals surface area contributed by atoms with Gasteiger partial charge < -0.3 is 5.73 Å². The lowest BCUT2D eigenvalue weighted by molar-refractivity contribution is 0.337. The Bertz CT molecular complexity index is 399. The van der Waals surface area contributed by atoms with Gasteiger partial charge in [0.1, 0.15) is 5.69 Å². The minimum atomic E-state index is -0.0281. The SMILES string of the molecule is CCCn1c(C)c(N)c(=O)n1C(CC)CC. The van der Waals surface area contributed by atoms with Crippen LogP contribution in [0, 0.1) is 6.92 Å². The lowest BCUT2D eigenvalue weighted by atomic mass is 10.2. The Balaban J connectivity index is 3.34. The molecule has 1 aromatic rings. The van der Waals surface area contributed by atoms with Crippen molar-refractivity contribution < 1.29 is 0 Å². The lowest BCUT2D eigenvalue weighted by Gasteiger charge is -2.19. The summed E-state index contributed by atoms with van der Waals surface area (Å²) in [5.41, 5.74) is 7.10. The van der Waals surface area contributed by atoms with Crippen molar-refractivity contribution in [2.24, 2.45) is 0 Å². The van der Waals surface area contributed by atoms with E-state index < -0.39 is 0 Å². The first-order chi connectivity index (χ1) is 7.58. The van der Waals surface area contributed by atoms with Gasteiger partial charge in [-0.05, 0) is 26.2 Å². The van der Waals surface area contributed by atoms with Gasteiger partial charge in [-0.3, -0.25) is 9.48 Å². The van der Waals surface area contributed by atoms with E-state index in [9.17, 15) is 4.79 Å². The zero-order valence-electron chi connectivity index (χ0n) is 10.8. The second kappa shape index (κ2) is 5.23. The molecule has 0 radical (unpaired) electrons. The number of hydrogen-bond acceptors (Lipinski definition) is 2. The van der Waals surface area contributed by atoms with Gasteiger partial charge in [-0.25, -0.2) is 4.68 Å². The second-order valence-corrected chi connectivity index (χ2v) is 4.24. The molecular weight excluding hydrogens is 202 g/mol. The van der Waals surface area contributed by atoms with E-state index in [2.05, 4.69) is 20.8 Å². The summed E-state index contributed by atoms with van der Waals surface area (Å²) in [6.45, 7) is 9.10. The summed E-state index contributed by atoms with van der Waals surface area (Å²) < 4.78 is 3.88. The van der Waals surface area contributed by atoms with Crippen molar-refractivity contribution in [3.05, 3.63) is 16.0 Å². The van der Waals surface area contributed by atoms with Gasteiger partial charge in [0.15, 0.2) is 0 Å². The molecule has 1 aromatic heterocycles. The lowest BCUT2D eigenvalue weighted by Crippen LogP contribution is -2.28. The van der Waals surface area contributed by atoms with Crippen molar-refractivity contribution in [2.45, 2.75) is 59.5 Å². The van der Waals surface area contributed by atoms with E-state index >= 15 is 0 Å². The van der Waals surface area contributed by atoms with Crippen LogP contribution in [0.1, 0.15) is 51.8 Å². The summed E-state index contributed by atoms with van der Waals surface area (Å²) in [6, 6.07) is 0.259. The summed E-state index contributed by atoms with van der Waals surface area (Å²) in [6.07, 6.45) is 2.93. The van der Waals surface area contributed by atoms with Crippen LogP contribution in [0.5, 0.6) is 0 Å². The molecule has 92 valence electrons. The number of anilines is 1. The molecule has 0 aromatic carbocycles. The molecule has 4 nitrogen and oxygen atoms in total. The molecule has 0 amide bonds. The van der Waals surface area contributed by atoms with E-state index in [0.29, 0.717) is 5.69 Å². The van der Waals surface area contributed by atoms with E-state index in [1.165, 1.54) is 0 Å². The van der Waals surface area contributed by atoms with E-state index in [1.807, 2.05) is 16.3 Å². The molecule has 0 bridgehead atoms. The molecule has 0 aliphatic rings. The summed E-state index contributed by atoms with van der Waals surface area (Å²) in [5, 5.41) is 0. The van der Waals surface area contributed by atoms with Crippen molar-refractivity contribution in [3.8, 4) is 0 Å². The van der Waals surface area contributed by atoms with Crippen LogP contribution in [-0.2, 0) is 6.54 Å². The molecule has 0 unspecified atom stereocenters. The van der Waals surface area contributed by atoms with Crippen LogP contribution in [0.4, 0.5) is 5.69 Å². The molecule has 0 fully saturated rings. The van der Waals surface area contributed by atoms with Gasteiger partial charge in [-0.2, -0.15) is 0 Å². The van der Waals surface area contributed by atoms with Crippen molar-refractivity contribution in [1.29, 1.82) is 0 Å². The van der Waals surface area contributed by atoms with Gasteiger partial charge in [0.25, 0.3) is 5.56 Å². The van der Waals surface area contributed by atoms with Gasteiger partial charge in [-0.15, -0.1) is 0 Å². The van der Waals surface area contributed by atoms with Crippen LogP contribution in [0.15, 0.2) is 4.79 Å². The Morgan fingerprint density at radius 3 is 2.25 bits per heavy atom. The predicted octanol–water partition coefficient (Wildman–Crippen LogP) is 2.31. The van der Waals surface area contributed by atoms with Crippen LogP contribution in [-0.4, -0.2) is 9.36 Å². The summed E-state index contributed by atoms with van der Waals surface area (Å²) in [5.74, 6) is 0. The molecule has 0 saturated carbocycles. The van der Waals surface area contributed by atoms with Crippen LogP contribution in [0.25, 0.3) is 0 Å². The molecule has 1 rings (SSSR count). The highest BCUT2D eigenvalue weighted by molar-refractivity contribution is 5.40. The first-order valence-electron chi connectivity index (χ1n) is 6.15. The first-order valence-corrected chi connectivity index (χ1v) is 6.15. The highest BCUT2D eigenvalue weighted by atomic mass is 16.1. The third kappa shape index (κ3) is 2.01. The summed E-state index contributed by atoms with van der Waals surface area (Å²) >= 11 is 0. The molecule has 0 aliphatic carbocycles. The maximum atomic E-state index is 12.1. The van der Waals surface area contributed by atoms with E-state index in [-0.39, 0.29) is 11.6 Å². The minimum Gasteiger partial charge on any atom is -0.393 e. The Kier molecular flexibility index (Phi) is 4.21. The molecule has 1 heterocycles. The molecule has 0 aliphatic heterocycles. The van der Waals surface area contributed by atoms with Gasteiger partial charge in [0.2, 0.25) is 0 Å². The van der Waals surface area contributed by atoms with Crippen LogP contribution in [0.3, 0.4) is 0 Å². The first kappa shape index (κ1) is 12.9. The maximum absolute atomic E-state index is 12.1. The Hall–Kier alpha value is -1.19. The minimum absolute atomic E-state index is 0.0281. The monoisotopic (exact) mass is 225 g/mol. The predicted molar refractivity (Wildman–Crippen MR) is 67.8 cm³/mol. The van der Waals surface area contributed by atoms with E-state index in [0.717, 1.165) is 31.5 Å². The standard InChI is InChI=1S/C12H23N3O/c1-5-8-14-9(4)11(13)12(16)15(14)10(6-2)7-3/h10H,5-8,13H2,1-4H3. The zero-order chi connectivity index (χ0) is 12.3. The average Bonchev–Trinajstić information content (AvgIpc) is 2.48. The largest absolute Gasteiger partial charge is 0.393 e. The number of nitrogens with zero attached hydrogens (tertiary/aromatic N) is 2. The molecule has 16 heavy (non-hydrogen) atoms. The quantitative estimate of drug-likeness (QED) is 0.836. The molecule has 4 heteroatoms. The Morgan fingerprint density at radius 1 is 1.25 bits per heavy atom. The number of hydrogen-bond donors (Lipinski definition) is 1.